The number of nitrogens with one attached hydrogen (secondary N) is 1. The Hall–Kier alpha value is -1.47. The lowest BCUT2D eigenvalue weighted by Gasteiger charge is -2.31. The molecule has 0 spiro atoms. The van der Waals surface area contributed by atoms with Crippen molar-refractivity contribution in [2.75, 3.05) is 13.1 Å². The third-order valence-electron chi connectivity index (χ3n) is 3.54. The Labute approximate surface area is 115 Å². The van der Waals surface area contributed by atoms with Crippen LogP contribution in [0.4, 0.5) is 18.0 Å². The third kappa shape index (κ3) is 4.90. The van der Waals surface area contributed by atoms with Crippen LogP contribution in [0.2, 0.25) is 0 Å². The zero-order valence-electron chi connectivity index (χ0n) is 11.5. The van der Waals surface area contributed by atoms with Crippen LogP contribution in [-0.4, -0.2) is 47.3 Å². The van der Waals surface area contributed by atoms with Crippen LogP contribution in [0.5, 0.6) is 0 Å². The van der Waals surface area contributed by atoms with Gasteiger partial charge in [-0.05, 0) is 18.3 Å². The molecule has 2 N–H and O–H groups in total. The normalized spacial score (nSPS) is 21.6. The number of carboxylic acids is 1. The first kappa shape index (κ1) is 16.6. The number of carbonyl (C=O) groups is 2. The van der Waals surface area contributed by atoms with E-state index in [4.69, 9.17) is 5.11 Å². The highest BCUT2D eigenvalue weighted by Gasteiger charge is 2.38. The van der Waals surface area contributed by atoms with Crippen molar-refractivity contribution in [1.82, 2.24) is 10.2 Å². The molecule has 0 aromatic rings. The maximum atomic E-state index is 12.4. The first-order valence-corrected chi connectivity index (χ1v) is 6.35. The number of hydrogen-bond donors (Lipinski definition) is 2. The van der Waals surface area contributed by atoms with Gasteiger partial charge < -0.3 is 15.3 Å². The van der Waals surface area contributed by atoms with Gasteiger partial charge in [0.2, 0.25) is 0 Å². The van der Waals surface area contributed by atoms with Crippen molar-refractivity contribution in [2.45, 2.75) is 45.3 Å². The van der Waals surface area contributed by atoms with Gasteiger partial charge in [0.15, 0.2) is 0 Å². The third-order valence-corrected chi connectivity index (χ3v) is 3.54. The predicted octanol–water partition coefficient (Wildman–Crippen LogP) is 2.22. The maximum absolute atomic E-state index is 12.4. The Morgan fingerprint density at radius 1 is 1.40 bits per heavy atom. The van der Waals surface area contributed by atoms with Gasteiger partial charge in [0.05, 0.1) is 0 Å². The first-order chi connectivity index (χ1) is 9.01. The minimum atomic E-state index is -4.63. The molecule has 2 amide bonds. The van der Waals surface area contributed by atoms with E-state index in [-0.39, 0.29) is 16.4 Å². The Kier molecular flexibility index (Phi) is 4.88. The Bertz CT molecular complexity index is 383. The molecule has 0 aromatic carbocycles. The van der Waals surface area contributed by atoms with Crippen molar-refractivity contribution in [2.24, 2.45) is 5.41 Å². The number of carboxylic acid groups (broad SMARTS) is 1. The molecule has 0 aliphatic heterocycles. The molecule has 20 heavy (non-hydrogen) atoms. The number of amides is 2. The molecule has 8 heteroatoms. The molecule has 1 aliphatic rings. The Morgan fingerprint density at radius 2 is 2.00 bits per heavy atom. The molecule has 1 fully saturated rings. The van der Waals surface area contributed by atoms with E-state index in [1.807, 2.05) is 13.8 Å². The highest BCUT2D eigenvalue weighted by atomic mass is 19.4. The van der Waals surface area contributed by atoms with Gasteiger partial charge in [0.25, 0.3) is 0 Å². The summed E-state index contributed by atoms with van der Waals surface area (Å²) in [5.74, 6) is -1.48. The number of alkyl halides is 3. The molecule has 0 radical (unpaired) electrons. The van der Waals surface area contributed by atoms with Gasteiger partial charge in [-0.3, -0.25) is 4.79 Å². The van der Waals surface area contributed by atoms with E-state index in [0.29, 0.717) is 6.42 Å². The Morgan fingerprint density at radius 3 is 2.40 bits per heavy atom. The second-order valence-corrected chi connectivity index (χ2v) is 5.75. The number of nitrogens with zero attached hydrogens (tertiary/aromatic N) is 1. The summed E-state index contributed by atoms with van der Waals surface area (Å²) < 4.78 is 37.1. The van der Waals surface area contributed by atoms with Crippen molar-refractivity contribution in [1.29, 1.82) is 0 Å². The second kappa shape index (κ2) is 5.88. The molecule has 1 rings (SSSR count). The maximum Gasteiger partial charge on any atom is 0.406 e. The number of aliphatic carboxylic acids is 1. The quantitative estimate of drug-likeness (QED) is 0.835. The standard InChI is InChI=1S/C12H19F3N2O3/c1-11(2)5-3-4-8(11)16-10(20)17(6-9(18)19)7-12(13,14)15/h8H,3-7H2,1-2H3,(H,16,20)(H,18,19). The van der Waals surface area contributed by atoms with Crippen LogP contribution in [-0.2, 0) is 4.79 Å². The molecule has 1 unspecified atom stereocenters. The highest BCUT2D eigenvalue weighted by Crippen LogP contribution is 2.37. The fourth-order valence-electron chi connectivity index (χ4n) is 2.41. The number of rotatable bonds is 4. The summed E-state index contributed by atoms with van der Waals surface area (Å²) in [6, 6.07) is -1.22. The van der Waals surface area contributed by atoms with E-state index in [9.17, 15) is 22.8 Å². The number of hydrogen-bond acceptors (Lipinski definition) is 2. The van der Waals surface area contributed by atoms with Crippen molar-refractivity contribution in [3.8, 4) is 0 Å². The fourth-order valence-corrected chi connectivity index (χ4v) is 2.41. The summed E-state index contributed by atoms with van der Waals surface area (Å²) >= 11 is 0. The minimum absolute atomic E-state index is 0.192. The smallest absolute Gasteiger partial charge is 0.406 e. The lowest BCUT2D eigenvalue weighted by atomic mass is 9.87. The van der Waals surface area contributed by atoms with Gasteiger partial charge in [-0.15, -0.1) is 0 Å². The van der Waals surface area contributed by atoms with Crippen molar-refractivity contribution in [3.05, 3.63) is 0 Å². The van der Waals surface area contributed by atoms with E-state index in [1.165, 1.54) is 0 Å². The van der Waals surface area contributed by atoms with Crippen molar-refractivity contribution in [3.63, 3.8) is 0 Å². The second-order valence-electron chi connectivity index (χ2n) is 5.75. The highest BCUT2D eigenvalue weighted by molar-refractivity contribution is 5.80. The van der Waals surface area contributed by atoms with Gasteiger partial charge in [-0.2, -0.15) is 13.2 Å². The summed E-state index contributed by atoms with van der Waals surface area (Å²) in [5.41, 5.74) is -0.192. The Balaban J connectivity index is 2.70. The van der Waals surface area contributed by atoms with Gasteiger partial charge in [0, 0.05) is 6.04 Å². The van der Waals surface area contributed by atoms with Gasteiger partial charge in [-0.25, -0.2) is 4.79 Å². The van der Waals surface area contributed by atoms with Gasteiger partial charge in [-0.1, -0.05) is 20.3 Å². The van der Waals surface area contributed by atoms with E-state index >= 15 is 0 Å². The number of halogens is 3. The SMILES string of the molecule is CC1(C)CCCC1NC(=O)N(CC(=O)O)CC(F)(F)F. The molecular formula is C12H19F3N2O3. The van der Waals surface area contributed by atoms with Crippen molar-refractivity contribution >= 4 is 12.0 Å². The summed E-state index contributed by atoms with van der Waals surface area (Å²) in [6.07, 6.45) is -2.18. The van der Waals surface area contributed by atoms with Gasteiger partial charge in [0.1, 0.15) is 13.1 Å². The van der Waals surface area contributed by atoms with Crippen LogP contribution < -0.4 is 5.32 Å². The molecule has 5 nitrogen and oxygen atoms in total. The molecule has 0 saturated heterocycles. The monoisotopic (exact) mass is 296 g/mol. The largest absolute Gasteiger partial charge is 0.480 e. The predicted molar refractivity (Wildman–Crippen MR) is 65.2 cm³/mol. The summed E-state index contributed by atoms with van der Waals surface area (Å²) in [5, 5.41) is 11.1. The molecule has 0 aromatic heterocycles. The van der Waals surface area contributed by atoms with E-state index in [0.717, 1.165) is 12.8 Å². The summed E-state index contributed by atoms with van der Waals surface area (Å²) in [6.45, 7) is 1.31. The lowest BCUT2D eigenvalue weighted by Crippen LogP contribution is -2.52. The van der Waals surface area contributed by atoms with Crippen LogP contribution in [0.25, 0.3) is 0 Å². The average molecular weight is 296 g/mol. The van der Waals surface area contributed by atoms with Crippen LogP contribution in [0.1, 0.15) is 33.1 Å². The van der Waals surface area contributed by atoms with E-state index in [2.05, 4.69) is 5.32 Å². The zero-order chi connectivity index (χ0) is 15.6. The minimum Gasteiger partial charge on any atom is -0.480 e. The van der Waals surface area contributed by atoms with Crippen LogP contribution in [0.15, 0.2) is 0 Å². The topological polar surface area (TPSA) is 69.6 Å². The number of urea groups is 1. The fraction of sp³-hybridized carbons (Fsp3) is 0.833. The van der Waals surface area contributed by atoms with Gasteiger partial charge >= 0.3 is 18.2 Å². The zero-order valence-corrected chi connectivity index (χ0v) is 11.5. The molecule has 1 atom stereocenters. The van der Waals surface area contributed by atoms with E-state index in [1.54, 1.807) is 0 Å². The lowest BCUT2D eigenvalue weighted by molar-refractivity contribution is -0.149. The number of carbonyl (C=O) groups excluding carboxylic acids is 1. The van der Waals surface area contributed by atoms with E-state index < -0.39 is 31.3 Å². The molecule has 0 bridgehead atoms. The molecule has 1 saturated carbocycles. The summed E-state index contributed by atoms with van der Waals surface area (Å²) in [7, 11) is 0. The summed E-state index contributed by atoms with van der Waals surface area (Å²) in [4.78, 5) is 22.7. The van der Waals surface area contributed by atoms with Crippen molar-refractivity contribution < 1.29 is 27.9 Å². The molecule has 116 valence electrons. The first-order valence-electron chi connectivity index (χ1n) is 6.35. The average Bonchev–Trinajstić information content (AvgIpc) is 2.54. The van der Waals surface area contributed by atoms with Crippen LogP contribution >= 0.6 is 0 Å². The molecule has 1 aliphatic carbocycles. The molecule has 0 heterocycles. The molecular weight excluding hydrogens is 277 g/mol. The van der Waals surface area contributed by atoms with Crippen LogP contribution in [0.3, 0.4) is 0 Å². The van der Waals surface area contributed by atoms with Crippen LogP contribution in [0, 0.1) is 5.41 Å².